The average Bonchev–Trinajstić information content (AvgIpc) is 2.49. The van der Waals surface area contributed by atoms with Crippen molar-refractivity contribution in [3.05, 3.63) is 75.6 Å². The molecule has 2 aromatic carbocycles. The molecule has 6 heteroatoms. The van der Waals surface area contributed by atoms with Gasteiger partial charge in [0.1, 0.15) is 5.82 Å². The lowest BCUT2D eigenvalue weighted by molar-refractivity contribution is -0.385. The number of nitrogens with zero attached hydrogens (tertiary/aromatic N) is 1. The number of aryl methyl sites for hydroxylation is 1. The smallest absolute Gasteiger partial charge is 0.276 e. The van der Waals surface area contributed by atoms with E-state index in [1.54, 1.807) is 31.2 Å². The summed E-state index contributed by atoms with van der Waals surface area (Å²) in [6.45, 7) is 1.62. The number of benzene rings is 2. The minimum Gasteiger partial charge on any atom is -0.322 e. The monoisotopic (exact) mass is 300 g/mol. The van der Waals surface area contributed by atoms with Crippen LogP contribution in [0.1, 0.15) is 11.1 Å². The highest BCUT2D eigenvalue weighted by Crippen LogP contribution is 2.19. The van der Waals surface area contributed by atoms with Gasteiger partial charge in [-0.15, -0.1) is 0 Å². The van der Waals surface area contributed by atoms with Gasteiger partial charge in [-0.25, -0.2) is 4.39 Å². The average molecular weight is 300 g/mol. The second kappa shape index (κ2) is 6.62. The van der Waals surface area contributed by atoms with E-state index in [-0.39, 0.29) is 5.69 Å². The zero-order chi connectivity index (χ0) is 16.1. The first-order chi connectivity index (χ1) is 10.5. The number of carbonyl (C=O) groups is 1. The zero-order valence-electron chi connectivity index (χ0n) is 11.7. The second-order valence-corrected chi connectivity index (χ2v) is 4.60. The van der Waals surface area contributed by atoms with Gasteiger partial charge >= 0.3 is 0 Å². The Morgan fingerprint density at radius 1 is 1.27 bits per heavy atom. The summed E-state index contributed by atoms with van der Waals surface area (Å²) < 4.78 is 13.4. The van der Waals surface area contributed by atoms with E-state index < -0.39 is 16.6 Å². The van der Waals surface area contributed by atoms with Crippen molar-refractivity contribution in [2.24, 2.45) is 0 Å². The van der Waals surface area contributed by atoms with Crippen LogP contribution in [0.15, 0.2) is 48.5 Å². The van der Waals surface area contributed by atoms with Crippen molar-refractivity contribution in [2.75, 3.05) is 5.32 Å². The van der Waals surface area contributed by atoms with E-state index in [4.69, 9.17) is 0 Å². The molecular formula is C16H13FN2O3. The summed E-state index contributed by atoms with van der Waals surface area (Å²) in [6.07, 6.45) is 2.51. The van der Waals surface area contributed by atoms with E-state index in [0.29, 0.717) is 16.8 Å². The lowest BCUT2D eigenvalue weighted by atomic mass is 10.1. The number of anilines is 1. The van der Waals surface area contributed by atoms with E-state index in [1.165, 1.54) is 30.4 Å². The summed E-state index contributed by atoms with van der Waals surface area (Å²) in [7, 11) is 0. The third kappa shape index (κ3) is 3.76. The topological polar surface area (TPSA) is 72.2 Å². The maximum Gasteiger partial charge on any atom is 0.276 e. The van der Waals surface area contributed by atoms with Crippen molar-refractivity contribution in [2.45, 2.75) is 6.92 Å². The molecule has 0 aromatic heterocycles. The number of nitrogens with one attached hydrogen (secondary N) is 1. The minimum absolute atomic E-state index is 0.0899. The van der Waals surface area contributed by atoms with Gasteiger partial charge in [0.15, 0.2) is 0 Å². The number of para-hydroxylation sites is 1. The van der Waals surface area contributed by atoms with E-state index >= 15 is 0 Å². The lowest BCUT2D eigenvalue weighted by Gasteiger charge is -2.03. The van der Waals surface area contributed by atoms with Gasteiger partial charge in [-0.1, -0.05) is 18.2 Å². The largest absolute Gasteiger partial charge is 0.322 e. The van der Waals surface area contributed by atoms with Crippen LogP contribution < -0.4 is 5.32 Å². The molecule has 0 aliphatic carbocycles. The Morgan fingerprint density at radius 2 is 2.00 bits per heavy atom. The normalized spacial score (nSPS) is 10.6. The molecule has 2 aromatic rings. The Bertz CT molecular complexity index is 757. The molecule has 1 amide bonds. The van der Waals surface area contributed by atoms with Gasteiger partial charge < -0.3 is 5.32 Å². The van der Waals surface area contributed by atoms with Crippen LogP contribution in [0.25, 0.3) is 6.08 Å². The molecular weight excluding hydrogens is 287 g/mol. The molecule has 1 N–H and O–H groups in total. The number of hydrogen-bond donors (Lipinski definition) is 1. The Labute approximate surface area is 126 Å². The van der Waals surface area contributed by atoms with Crippen molar-refractivity contribution in [3.8, 4) is 0 Å². The number of amides is 1. The standard InChI is InChI=1S/C16H13FN2O3/c1-11-6-8-13(10-14(11)17)18-16(20)9-7-12-4-2-3-5-15(12)19(21)22/h2-10H,1H3,(H,18,20)/b9-7+. The van der Waals surface area contributed by atoms with Gasteiger partial charge in [-0.05, 0) is 36.8 Å². The lowest BCUT2D eigenvalue weighted by Crippen LogP contribution is -2.08. The molecule has 22 heavy (non-hydrogen) atoms. The Balaban J connectivity index is 2.12. The minimum atomic E-state index is -0.521. The molecule has 2 rings (SSSR count). The zero-order valence-corrected chi connectivity index (χ0v) is 11.7. The van der Waals surface area contributed by atoms with Crippen LogP contribution in [-0.4, -0.2) is 10.8 Å². The highest BCUT2D eigenvalue weighted by atomic mass is 19.1. The van der Waals surface area contributed by atoms with E-state index in [9.17, 15) is 19.3 Å². The SMILES string of the molecule is Cc1ccc(NC(=O)/C=C/c2ccccc2[N+](=O)[O-])cc1F. The molecule has 5 nitrogen and oxygen atoms in total. The van der Waals surface area contributed by atoms with Crippen LogP contribution in [0.2, 0.25) is 0 Å². The number of hydrogen-bond acceptors (Lipinski definition) is 3. The van der Waals surface area contributed by atoms with E-state index in [0.717, 1.165) is 0 Å². The van der Waals surface area contributed by atoms with Crippen LogP contribution in [0.5, 0.6) is 0 Å². The molecule has 0 heterocycles. The fourth-order valence-corrected chi connectivity index (χ4v) is 1.81. The Kier molecular flexibility index (Phi) is 4.63. The van der Waals surface area contributed by atoms with Crippen molar-refractivity contribution in [3.63, 3.8) is 0 Å². The van der Waals surface area contributed by atoms with Crippen molar-refractivity contribution in [1.82, 2.24) is 0 Å². The van der Waals surface area contributed by atoms with Crippen LogP contribution >= 0.6 is 0 Å². The van der Waals surface area contributed by atoms with Crippen LogP contribution in [0.3, 0.4) is 0 Å². The number of carbonyl (C=O) groups excluding carboxylic acids is 1. The predicted molar refractivity (Wildman–Crippen MR) is 81.9 cm³/mol. The van der Waals surface area contributed by atoms with Gasteiger partial charge in [0.05, 0.1) is 10.5 Å². The number of nitro groups is 1. The van der Waals surface area contributed by atoms with E-state index in [1.807, 2.05) is 0 Å². The first-order valence-corrected chi connectivity index (χ1v) is 6.46. The molecule has 0 unspecified atom stereocenters. The van der Waals surface area contributed by atoms with Crippen LogP contribution in [-0.2, 0) is 4.79 Å². The summed E-state index contributed by atoms with van der Waals surface area (Å²) in [5.41, 5.74) is 1.03. The molecule has 0 saturated heterocycles. The van der Waals surface area contributed by atoms with Gasteiger partial charge in [0.2, 0.25) is 5.91 Å². The van der Waals surface area contributed by atoms with E-state index in [2.05, 4.69) is 5.32 Å². The number of halogens is 1. The van der Waals surface area contributed by atoms with Gasteiger partial charge in [0.25, 0.3) is 5.69 Å². The van der Waals surface area contributed by atoms with Gasteiger partial charge in [-0.3, -0.25) is 14.9 Å². The highest BCUT2D eigenvalue weighted by Gasteiger charge is 2.09. The summed E-state index contributed by atoms with van der Waals surface area (Å²) in [4.78, 5) is 22.1. The fraction of sp³-hybridized carbons (Fsp3) is 0.0625. The van der Waals surface area contributed by atoms with Crippen LogP contribution in [0.4, 0.5) is 15.8 Å². The Hall–Kier alpha value is -3.02. The molecule has 0 atom stereocenters. The first-order valence-electron chi connectivity index (χ1n) is 6.46. The maximum absolute atomic E-state index is 13.4. The summed E-state index contributed by atoms with van der Waals surface area (Å²) >= 11 is 0. The molecule has 112 valence electrons. The highest BCUT2D eigenvalue weighted by molar-refractivity contribution is 6.02. The molecule has 0 spiro atoms. The number of rotatable bonds is 4. The predicted octanol–water partition coefficient (Wildman–Crippen LogP) is 3.69. The van der Waals surface area contributed by atoms with Gasteiger partial charge in [0, 0.05) is 17.8 Å². The molecule has 0 fully saturated rings. The summed E-state index contributed by atoms with van der Waals surface area (Å²) in [5, 5.41) is 13.3. The third-order valence-electron chi connectivity index (χ3n) is 2.99. The second-order valence-electron chi connectivity index (χ2n) is 4.60. The Morgan fingerprint density at radius 3 is 2.68 bits per heavy atom. The first kappa shape index (κ1) is 15.4. The third-order valence-corrected chi connectivity index (χ3v) is 2.99. The fourth-order valence-electron chi connectivity index (χ4n) is 1.81. The number of nitro benzene ring substituents is 1. The quantitative estimate of drug-likeness (QED) is 0.531. The molecule has 0 bridgehead atoms. The van der Waals surface area contributed by atoms with Crippen LogP contribution in [0, 0.1) is 22.9 Å². The van der Waals surface area contributed by atoms with Crippen molar-refractivity contribution in [1.29, 1.82) is 0 Å². The molecule has 0 saturated carbocycles. The van der Waals surface area contributed by atoms with Gasteiger partial charge in [-0.2, -0.15) is 0 Å². The summed E-state index contributed by atoms with van der Waals surface area (Å²) in [5.74, 6) is -0.915. The molecule has 0 radical (unpaired) electrons. The maximum atomic E-state index is 13.4. The molecule has 0 aliphatic rings. The molecule has 0 aliphatic heterocycles. The van der Waals surface area contributed by atoms with Crippen molar-refractivity contribution >= 4 is 23.4 Å². The van der Waals surface area contributed by atoms with Crippen molar-refractivity contribution < 1.29 is 14.1 Å². The summed E-state index contributed by atoms with van der Waals surface area (Å²) in [6, 6.07) is 10.4.